The molecule has 0 unspecified atom stereocenters. The van der Waals surface area contributed by atoms with E-state index in [2.05, 4.69) is 20.5 Å². The minimum absolute atomic E-state index is 0.109. The lowest BCUT2D eigenvalue weighted by atomic mass is 10.2. The van der Waals surface area contributed by atoms with Gasteiger partial charge in [0.05, 0.1) is 34.1 Å². The minimum atomic E-state index is -4.19. The molecule has 5 rings (SSSR count). The number of sulfonamides is 1. The number of amides is 2. The number of aromatic nitrogens is 2. The molecule has 1 fully saturated rings. The molecule has 2 amide bonds. The molecule has 0 spiro atoms. The van der Waals surface area contributed by atoms with Crippen molar-refractivity contribution < 1.29 is 22.3 Å². The highest BCUT2D eigenvalue weighted by Gasteiger charge is 2.21. The third-order valence-electron chi connectivity index (χ3n) is 6.47. The number of carbonyl (C=O) groups excluding carboxylic acids is 1. The first-order valence-electron chi connectivity index (χ1n) is 12.8. The van der Waals surface area contributed by atoms with E-state index in [1.165, 1.54) is 18.2 Å². The molecule has 12 nitrogen and oxygen atoms in total. The van der Waals surface area contributed by atoms with E-state index in [1.54, 1.807) is 22.9 Å². The van der Waals surface area contributed by atoms with Crippen molar-refractivity contribution in [3.05, 3.63) is 79.5 Å². The molecule has 3 heterocycles. The summed E-state index contributed by atoms with van der Waals surface area (Å²) in [6.07, 6.45) is 0.904. The van der Waals surface area contributed by atoms with Crippen molar-refractivity contribution >= 4 is 61.3 Å². The second kappa shape index (κ2) is 12.6. The van der Waals surface area contributed by atoms with Gasteiger partial charge in [0.1, 0.15) is 10.0 Å². The van der Waals surface area contributed by atoms with Crippen molar-refractivity contribution in [2.24, 2.45) is 0 Å². The summed E-state index contributed by atoms with van der Waals surface area (Å²) in [4.78, 5) is 43.2. The van der Waals surface area contributed by atoms with E-state index in [1.807, 2.05) is 0 Å². The lowest BCUT2D eigenvalue weighted by Gasteiger charge is -2.26. The van der Waals surface area contributed by atoms with Crippen molar-refractivity contribution in [1.29, 1.82) is 0 Å². The Balaban J connectivity index is 1.28. The smallest absolute Gasteiger partial charge is 0.333 e. The number of benzene rings is 2. The van der Waals surface area contributed by atoms with Gasteiger partial charge in [-0.25, -0.2) is 31.7 Å². The van der Waals surface area contributed by atoms with Gasteiger partial charge in [0, 0.05) is 31.0 Å². The number of ether oxygens (including phenoxy) is 1. The summed E-state index contributed by atoms with van der Waals surface area (Å²) in [6, 6.07) is 9.60. The van der Waals surface area contributed by atoms with Crippen molar-refractivity contribution in [2.75, 3.05) is 50.0 Å². The number of thiophene rings is 1. The van der Waals surface area contributed by atoms with Crippen LogP contribution in [0.2, 0.25) is 4.34 Å². The van der Waals surface area contributed by atoms with Gasteiger partial charge in [-0.2, -0.15) is 0 Å². The van der Waals surface area contributed by atoms with Crippen LogP contribution >= 0.6 is 22.9 Å². The molecule has 4 N–H and O–H groups in total. The van der Waals surface area contributed by atoms with Gasteiger partial charge in [0.2, 0.25) is 0 Å². The van der Waals surface area contributed by atoms with E-state index in [-0.39, 0.29) is 25.3 Å². The van der Waals surface area contributed by atoms with Gasteiger partial charge in [0.25, 0.3) is 15.6 Å². The van der Waals surface area contributed by atoms with Crippen LogP contribution in [0, 0.1) is 5.82 Å². The molecular weight excluding hydrogens is 611 g/mol. The monoisotopic (exact) mass is 636 g/mol. The molecule has 4 aromatic rings. The van der Waals surface area contributed by atoms with Crippen LogP contribution in [0.3, 0.4) is 0 Å². The predicted molar refractivity (Wildman–Crippen MR) is 159 cm³/mol. The van der Waals surface area contributed by atoms with Gasteiger partial charge >= 0.3 is 11.7 Å². The number of halogens is 2. The zero-order valence-electron chi connectivity index (χ0n) is 22.0. The number of nitrogens with zero attached hydrogens (tertiary/aromatic N) is 2. The van der Waals surface area contributed by atoms with Gasteiger partial charge in [-0.15, -0.1) is 11.3 Å². The fraction of sp³-hybridized carbons (Fsp3) is 0.269. The largest absolute Gasteiger partial charge is 0.385 e. The van der Waals surface area contributed by atoms with Gasteiger partial charge in [-0.05, 0) is 61.5 Å². The number of hydrogen-bond acceptors (Lipinski definition) is 9. The number of H-pyrrole nitrogens is 1. The third kappa shape index (κ3) is 6.82. The molecule has 1 saturated heterocycles. The summed E-state index contributed by atoms with van der Waals surface area (Å²) in [5.41, 5.74) is -1.02. The van der Waals surface area contributed by atoms with Gasteiger partial charge in [-0.1, -0.05) is 11.6 Å². The molecule has 0 radical (unpaired) electrons. The molecule has 0 atom stereocenters. The number of urea groups is 1. The Morgan fingerprint density at radius 1 is 1.07 bits per heavy atom. The number of carbonyl (C=O) groups is 1. The Morgan fingerprint density at radius 3 is 2.55 bits per heavy atom. The first-order chi connectivity index (χ1) is 20.1. The van der Waals surface area contributed by atoms with Crippen molar-refractivity contribution in [3.8, 4) is 5.69 Å². The van der Waals surface area contributed by atoms with E-state index >= 15 is 4.39 Å². The topological polar surface area (TPSA) is 155 Å². The van der Waals surface area contributed by atoms with Gasteiger partial charge < -0.3 is 20.4 Å². The summed E-state index contributed by atoms with van der Waals surface area (Å²) >= 11 is 6.51. The van der Waals surface area contributed by atoms with Crippen molar-refractivity contribution in [2.45, 2.75) is 10.6 Å². The highest BCUT2D eigenvalue weighted by molar-refractivity contribution is 7.92. The minimum Gasteiger partial charge on any atom is -0.385 e. The molecule has 16 heteroatoms. The molecule has 1 aliphatic rings. The molecule has 222 valence electrons. The Bertz CT molecular complexity index is 1850. The van der Waals surface area contributed by atoms with Crippen LogP contribution in [0.25, 0.3) is 16.6 Å². The fourth-order valence-electron chi connectivity index (χ4n) is 4.44. The van der Waals surface area contributed by atoms with Crippen LogP contribution in [0.1, 0.15) is 6.42 Å². The van der Waals surface area contributed by atoms with E-state index in [0.717, 1.165) is 68.4 Å². The van der Waals surface area contributed by atoms with Crippen LogP contribution in [0.4, 0.5) is 20.6 Å². The van der Waals surface area contributed by atoms with E-state index in [9.17, 15) is 22.8 Å². The molecule has 42 heavy (non-hydrogen) atoms. The highest BCUT2D eigenvalue weighted by atomic mass is 35.5. The normalized spacial score (nSPS) is 14.1. The lowest BCUT2D eigenvalue weighted by molar-refractivity contribution is 0.0378. The number of hydrogen-bond donors (Lipinski definition) is 4. The first kappa shape index (κ1) is 29.7. The predicted octanol–water partition coefficient (Wildman–Crippen LogP) is 3.18. The number of aromatic amines is 1. The Morgan fingerprint density at radius 2 is 1.83 bits per heavy atom. The zero-order valence-corrected chi connectivity index (χ0v) is 24.4. The molecular formula is C26H26ClFN6O6S2. The molecule has 2 aromatic heterocycles. The average molecular weight is 637 g/mol. The maximum absolute atomic E-state index is 15.1. The van der Waals surface area contributed by atoms with Crippen LogP contribution < -0.4 is 26.6 Å². The quantitative estimate of drug-likeness (QED) is 0.204. The third-order valence-corrected chi connectivity index (χ3v) is 9.52. The van der Waals surface area contributed by atoms with E-state index in [4.69, 9.17) is 16.3 Å². The average Bonchev–Trinajstić information content (AvgIpc) is 3.40. The number of morpholine rings is 1. The van der Waals surface area contributed by atoms with Gasteiger partial charge in [0.15, 0.2) is 0 Å². The van der Waals surface area contributed by atoms with Crippen molar-refractivity contribution in [3.63, 3.8) is 0 Å². The Hall–Kier alpha value is -3.76. The van der Waals surface area contributed by atoms with Crippen LogP contribution in [0.5, 0.6) is 0 Å². The van der Waals surface area contributed by atoms with Crippen LogP contribution in [-0.4, -0.2) is 68.3 Å². The molecule has 1 aliphatic heterocycles. The standard InChI is InChI=1S/C26H26ClFN6O6S2/c27-22-6-7-23(41-22)42(38,39)32-25(36)30-17-3-5-21(19(28)14-17)34-24(35)18-4-2-16(15-20(18)31-26(34)37)29-8-1-9-33-10-12-40-13-11-33/h2-7,14-15,29H,1,8-13H2,(H,31,37)(H2,30,32,36). The maximum Gasteiger partial charge on any atom is 0.333 e. The number of anilines is 2. The Kier molecular flexibility index (Phi) is 8.93. The molecule has 2 aromatic carbocycles. The summed E-state index contributed by atoms with van der Waals surface area (Å²) in [6.45, 7) is 4.93. The number of rotatable bonds is 9. The summed E-state index contributed by atoms with van der Waals surface area (Å²) < 4.78 is 47.5. The lowest BCUT2D eigenvalue weighted by Crippen LogP contribution is -2.37. The summed E-state index contributed by atoms with van der Waals surface area (Å²) in [7, 11) is -4.19. The number of fused-ring (bicyclic) bond motifs is 1. The molecule has 0 saturated carbocycles. The molecule has 0 bridgehead atoms. The van der Waals surface area contributed by atoms with E-state index < -0.39 is 33.1 Å². The second-order valence-electron chi connectivity index (χ2n) is 9.35. The fourth-order valence-corrected chi connectivity index (χ4v) is 6.83. The van der Waals surface area contributed by atoms with Crippen LogP contribution in [0.15, 0.2) is 62.3 Å². The Labute approximate surface area is 248 Å². The van der Waals surface area contributed by atoms with E-state index in [0.29, 0.717) is 16.6 Å². The summed E-state index contributed by atoms with van der Waals surface area (Å²) in [5.74, 6) is -0.994. The van der Waals surface area contributed by atoms with Gasteiger partial charge in [-0.3, -0.25) is 9.69 Å². The number of nitrogens with one attached hydrogen (secondary N) is 4. The van der Waals surface area contributed by atoms with Crippen LogP contribution in [-0.2, 0) is 14.8 Å². The van der Waals surface area contributed by atoms with Crippen molar-refractivity contribution in [1.82, 2.24) is 19.2 Å². The second-order valence-corrected chi connectivity index (χ2v) is 13.0. The summed E-state index contributed by atoms with van der Waals surface area (Å²) in [5, 5.41) is 5.67. The maximum atomic E-state index is 15.1. The highest BCUT2D eigenvalue weighted by Crippen LogP contribution is 2.25. The zero-order chi connectivity index (χ0) is 29.9. The first-order valence-corrected chi connectivity index (χ1v) is 15.5. The SMILES string of the molecule is O=C(Nc1ccc(-n2c(=O)[nH]c3cc(NCCCN4CCOCC4)ccc3c2=O)c(F)c1)NS(=O)(=O)c1ccc(Cl)s1. The molecule has 0 aliphatic carbocycles.